The fraction of sp³-hybridized carbons (Fsp3) is 0.652. The zero-order valence-corrected chi connectivity index (χ0v) is 21.6. The van der Waals surface area contributed by atoms with Crippen LogP contribution in [0.2, 0.25) is 0 Å². The van der Waals surface area contributed by atoms with E-state index in [0.717, 1.165) is 17.0 Å². The molecule has 11 heteroatoms. The van der Waals surface area contributed by atoms with E-state index in [0.29, 0.717) is 32.8 Å². The fourth-order valence-corrected chi connectivity index (χ4v) is 6.29. The Bertz CT molecular complexity index is 1060. The van der Waals surface area contributed by atoms with Crippen LogP contribution in [0.3, 0.4) is 0 Å². The van der Waals surface area contributed by atoms with E-state index in [9.17, 15) is 18.5 Å². The first-order chi connectivity index (χ1) is 16.1. The first-order valence-electron chi connectivity index (χ1n) is 11.6. The summed E-state index contributed by atoms with van der Waals surface area (Å²) in [5.74, 6) is -0.367. The minimum Gasteiger partial charge on any atom is -0.383 e. The van der Waals surface area contributed by atoms with Gasteiger partial charge in [-0.25, -0.2) is 0 Å². The summed E-state index contributed by atoms with van der Waals surface area (Å²) < 4.78 is 36.3. The van der Waals surface area contributed by atoms with Gasteiger partial charge in [-0.05, 0) is 45.5 Å². The van der Waals surface area contributed by atoms with Gasteiger partial charge in [0.05, 0.1) is 12.6 Å². The lowest BCUT2D eigenvalue weighted by Crippen LogP contribution is -2.57. The molecule has 2 aliphatic heterocycles. The Morgan fingerprint density at radius 3 is 2.21 bits per heavy atom. The Morgan fingerprint density at radius 2 is 1.68 bits per heavy atom. The average molecular weight is 493 g/mol. The topological polar surface area (TPSA) is 102 Å². The zero-order valence-electron chi connectivity index (χ0n) is 20.8. The maximum Gasteiger partial charge on any atom is 0.282 e. The van der Waals surface area contributed by atoms with Gasteiger partial charge in [-0.15, -0.1) is 0 Å². The minimum atomic E-state index is -3.54. The highest BCUT2D eigenvalue weighted by Crippen LogP contribution is 2.23. The minimum absolute atomic E-state index is 0.0509. The molecule has 2 fully saturated rings. The van der Waals surface area contributed by atoms with E-state index in [1.807, 2.05) is 33.0 Å². The smallest absolute Gasteiger partial charge is 0.282 e. The number of aromatic nitrogens is 1. The van der Waals surface area contributed by atoms with Gasteiger partial charge in [-0.2, -0.15) is 22.3 Å². The standard InChI is InChI=1S/C23H36N6O4S/c1-18-14-21(20(3)29(18)19(2)17-33-5)15-22(16-24)23(30)26-8-12-28(13-9-26)34(31,32)27-10-6-25(4)7-11-27/h14-15,19H,6-13,17H2,1-5H3/b22-15-. The number of hydrogen-bond donors (Lipinski definition) is 0. The molecular formula is C23H36N6O4S. The Morgan fingerprint density at radius 1 is 1.12 bits per heavy atom. The molecule has 2 aliphatic rings. The second kappa shape index (κ2) is 11.0. The number of nitriles is 1. The molecule has 10 nitrogen and oxygen atoms in total. The Balaban J connectivity index is 1.69. The largest absolute Gasteiger partial charge is 0.383 e. The normalized spacial score (nSPS) is 20.4. The van der Waals surface area contributed by atoms with Crippen molar-refractivity contribution in [1.29, 1.82) is 5.26 Å². The van der Waals surface area contributed by atoms with Crippen LogP contribution < -0.4 is 0 Å². The van der Waals surface area contributed by atoms with Crippen molar-refractivity contribution in [3.63, 3.8) is 0 Å². The summed E-state index contributed by atoms with van der Waals surface area (Å²) in [7, 11) is 0.0963. The van der Waals surface area contributed by atoms with Gasteiger partial charge in [0, 0.05) is 70.9 Å². The lowest BCUT2D eigenvalue weighted by Gasteiger charge is -2.39. The van der Waals surface area contributed by atoms with Gasteiger partial charge in [0.25, 0.3) is 16.1 Å². The quantitative estimate of drug-likeness (QED) is 0.413. The summed E-state index contributed by atoms with van der Waals surface area (Å²) in [5.41, 5.74) is 2.86. The molecule has 0 spiro atoms. The van der Waals surface area contributed by atoms with Crippen LogP contribution in [-0.4, -0.2) is 110 Å². The Hall–Kier alpha value is -2.23. The number of hydrogen-bond acceptors (Lipinski definition) is 6. The summed E-state index contributed by atoms with van der Waals surface area (Å²) in [6.45, 7) is 9.90. The molecule has 3 rings (SSSR count). The van der Waals surface area contributed by atoms with Crippen LogP contribution in [0.15, 0.2) is 11.6 Å². The first-order valence-corrected chi connectivity index (χ1v) is 13.0. The third-order valence-corrected chi connectivity index (χ3v) is 8.70. The predicted octanol–water partition coefficient (Wildman–Crippen LogP) is 0.856. The third kappa shape index (κ3) is 5.53. The molecule has 0 saturated carbocycles. The second-order valence-electron chi connectivity index (χ2n) is 9.07. The second-order valence-corrected chi connectivity index (χ2v) is 11.0. The van der Waals surface area contributed by atoms with Crippen LogP contribution in [0.5, 0.6) is 0 Å². The van der Waals surface area contributed by atoms with Crippen LogP contribution in [0.1, 0.15) is 29.9 Å². The van der Waals surface area contributed by atoms with Crippen molar-refractivity contribution in [3.8, 4) is 6.07 Å². The maximum atomic E-state index is 13.1. The van der Waals surface area contributed by atoms with Crippen molar-refractivity contribution in [1.82, 2.24) is 23.0 Å². The highest BCUT2D eigenvalue weighted by atomic mass is 32.2. The molecular weight excluding hydrogens is 456 g/mol. The van der Waals surface area contributed by atoms with E-state index in [1.165, 1.54) is 8.61 Å². The number of amides is 1. The van der Waals surface area contributed by atoms with Crippen molar-refractivity contribution in [2.75, 3.05) is 73.1 Å². The van der Waals surface area contributed by atoms with Crippen LogP contribution in [0.4, 0.5) is 0 Å². The summed E-state index contributed by atoms with van der Waals surface area (Å²) in [5, 5.41) is 9.71. The van der Waals surface area contributed by atoms with Crippen LogP contribution in [-0.2, 0) is 19.7 Å². The van der Waals surface area contributed by atoms with Crippen molar-refractivity contribution in [2.45, 2.75) is 26.8 Å². The number of ether oxygens (including phenoxy) is 1. The Labute approximate surface area is 203 Å². The number of carbonyl (C=O) groups excluding carboxylic acids is 1. The van der Waals surface area contributed by atoms with Gasteiger partial charge in [-0.1, -0.05) is 0 Å². The number of aryl methyl sites for hydroxylation is 1. The monoisotopic (exact) mass is 492 g/mol. The highest BCUT2D eigenvalue weighted by molar-refractivity contribution is 7.86. The van der Waals surface area contributed by atoms with Gasteiger partial charge in [0.2, 0.25) is 0 Å². The van der Waals surface area contributed by atoms with E-state index in [1.54, 1.807) is 18.1 Å². The summed E-state index contributed by atoms with van der Waals surface area (Å²) >= 11 is 0. The van der Waals surface area contributed by atoms with Gasteiger partial charge in [-0.3, -0.25) is 4.79 Å². The molecule has 3 heterocycles. The first kappa shape index (κ1) is 26.4. The number of likely N-dealkylation sites (N-methyl/N-ethyl adjacent to an activating group) is 1. The summed E-state index contributed by atoms with van der Waals surface area (Å²) in [6.07, 6.45) is 1.63. The van der Waals surface area contributed by atoms with Crippen molar-refractivity contribution in [2.24, 2.45) is 0 Å². The lowest BCUT2D eigenvalue weighted by molar-refractivity contribution is -0.127. The van der Waals surface area contributed by atoms with Gasteiger partial charge < -0.3 is 19.1 Å². The zero-order chi connectivity index (χ0) is 25.0. The van der Waals surface area contributed by atoms with E-state index in [2.05, 4.69) is 16.4 Å². The molecule has 0 aliphatic carbocycles. The van der Waals surface area contributed by atoms with E-state index in [4.69, 9.17) is 4.74 Å². The lowest BCUT2D eigenvalue weighted by atomic mass is 10.1. The van der Waals surface area contributed by atoms with Crippen LogP contribution in [0.25, 0.3) is 6.08 Å². The molecule has 1 atom stereocenters. The molecule has 1 amide bonds. The number of methoxy groups -OCH3 is 1. The van der Waals surface area contributed by atoms with E-state index in [-0.39, 0.29) is 43.7 Å². The molecule has 0 aromatic carbocycles. The van der Waals surface area contributed by atoms with Gasteiger partial charge >= 0.3 is 0 Å². The molecule has 1 aromatic heterocycles. The average Bonchev–Trinajstić information content (AvgIpc) is 3.10. The maximum absolute atomic E-state index is 13.1. The van der Waals surface area contributed by atoms with Crippen molar-refractivity contribution in [3.05, 3.63) is 28.6 Å². The molecule has 0 N–H and O–H groups in total. The van der Waals surface area contributed by atoms with Crippen LogP contribution in [0, 0.1) is 25.2 Å². The van der Waals surface area contributed by atoms with Crippen LogP contribution >= 0.6 is 0 Å². The molecule has 1 unspecified atom stereocenters. The Kier molecular flexibility index (Phi) is 8.54. The van der Waals surface area contributed by atoms with E-state index >= 15 is 0 Å². The molecule has 188 valence electrons. The molecule has 0 radical (unpaired) electrons. The number of carbonyl (C=O) groups is 1. The van der Waals surface area contributed by atoms with Gasteiger partial charge in [0.15, 0.2) is 0 Å². The predicted molar refractivity (Wildman–Crippen MR) is 130 cm³/mol. The summed E-state index contributed by atoms with van der Waals surface area (Å²) in [4.78, 5) is 16.8. The SMILES string of the molecule is COCC(C)n1c(C)cc(/C=C(/C#N)C(=O)N2CCN(S(=O)(=O)N3CCN(C)CC3)CC2)c1C. The third-order valence-electron chi connectivity index (χ3n) is 6.66. The molecule has 0 bridgehead atoms. The molecule has 2 saturated heterocycles. The van der Waals surface area contributed by atoms with Crippen molar-refractivity contribution >= 4 is 22.2 Å². The van der Waals surface area contributed by atoms with Crippen molar-refractivity contribution < 1.29 is 17.9 Å². The number of piperazine rings is 2. The van der Waals surface area contributed by atoms with Gasteiger partial charge in [0.1, 0.15) is 11.6 Å². The number of nitrogens with zero attached hydrogens (tertiary/aromatic N) is 6. The van der Waals surface area contributed by atoms with E-state index < -0.39 is 10.2 Å². The highest BCUT2D eigenvalue weighted by Gasteiger charge is 2.35. The molecule has 1 aromatic rings. The molecule has 34 heavy (non-hydrogen) atoms. The number of rotatable bonds is 7. The fourth-order valence-electron chi connectivity index (χ4n) is 4.71. The summed E-state index contributed by atoms with van der Waals surface area (Å²) in [6, 6.07) is 4.14.